The van der Waals surface area contributed by atoms with Gasteiger partial charge < -0.3 is 29.0 Å². The van der Waals surface area contributed by atoms with Crippen LogP contribution in [-0.4, -0.2) is 80.0 Å². The van der Waals surface area contributed by atoms with E-state index >= 15 is 0 Å². The smallest absolute Gasteiger partial charge is 0.475 e. The molecule has 14 heteroatoms. The minimum atomic E-state index is -4.46. The Kier molecular flexibility index (Phi) is 13.9. The molecule has 0 bridgehead atoms. The van der Waals surface area contributed by atoms with E-state index in [1.165, 1.54) is 0 Å². The summed E-state index contributed by atoms with van der Waals surface area (Å²) in [5.41, 5.74) is -1.90. The molecule has 1 saturated heterocycles. The second kappa shape index (κ2) is 16.2. The Labute approximate surface area is 266 Å². The van der Waals surface area contributed by atoms with Crippen molar-refractivity contribution in [1.82, 2.24) is 5.32 Å². The van der Waals surface area contributed by atoms with Gasteiger partial charge in [0.15, 0.2) is 12.1 Å². The summed E-state index contributed by atoms with van der Waals surface area (Å²) in [6.45, 7) is 14.6. The summed E-state index contributed by atoms with van der Waals surface area (Å²) in [6, 6.07) is 5.94. The number of ether oxygens (including phenoxy) is 5. The zero-order chi connectivity index (χ0) is 34.1. The molecule has 1 aliphatic heterocycles. The molecule has 1 heterocycles. The largest absolute Gasteiger partial charge is 0.496 e. The van der Waals surface area contributed by atoms with E-state index in [4.69, 9.17) is 37.3 Å². The van der Waals surface area contributed by atoms with Gasteiger partial charge in [0, 0.05) is 19.4 Å². The average molecular weight is 660 g/mol. The number of para-hydroxylation sites is 1. The molecular weight excluding hydrogens is 609 g/mol. The molecule has 45 heavy (non-hydrogen) atoms. The minimum Gasteiger partial charge on any atom is -0.496 e. The molecule has 4 atom stereocenters. The number of methoxy groups -OCH3 is 1. The van der Waals surface area contributed by atoms with E-state index in [1.807, 2.05) is 24.3 Å². The van der Waals surface area contributed by atoms with Gasteiger partial charge in [-0.25, -0.2) is 14.2 Å². The van der Waals surface area contributed by atoms with Crippen molar-refractivity contribution in [2.24, 2.45) is 0 Å². The lowest BCUT2D eigenvalue weighted by molar-refractivity contribution is -0.167. The van der Waals surface area contributed by atoms with Crippen LogP contribution in [0.3, 0.4) is 0 Å². The van der Waals surface area contributed by atoms with Crippen LogP contribution in [0.15, 0.2) is 24.3 Å². The Balaban J connectivity index is 2.19. The number of nitrogens with one attached hydrogen (secondary N) is 1. The standard InChI is InChI=1S/C31H50NO12P/c1-29(2,3)41-27(34)22(32-28(35)42-30(4,5)6)19-39-45(36,44-31(7,8)9)43-24-17-18-38-20-25(24)40-26(33)16-15-21-13-11-12-14-23(21)37-10/h11-14,22,24-25H,15-20H2,1-10H3,(H,32,35)/t22-,24+,25+,45?/m0/s1. The Morgan fingerprint density at radius 3 is 2.20 bits per heavy atom. The molecule has 13 nitrogen and oxygen atoms in total. The predicted octanol–water partition coefficient (Wildman–Crippen LogP) is 5.52. The quantitative estimate of drug-likeness (QED) is 0.161. The van der Waals surface area contributed by atoms with Crippen LogP contribution in [0.2, 0.25) is 0 Å². The first kappa shape index (κ1) is 38.5. The maximum Gasteiger partial charge on any atom is 0.475 e. The highest BCUT2D eigenvalue weighted by molar-refractivity contribution is 7.48. The molecule has 1 amide bonds. The number of phosphoric acid groups is 1. The lowest BCUT2D eigenvalue weighted by Gasteiger charge is -2.35. The number of hydrogen-bond donors (Lipinski definition) is 1. The number of benzene rings is 1. The molecule has 0 saturated carbocycles. The summed E-state index contributed by atoms with van der Waals surface area (Å²) in [6.07, 6.45) is -2.07. The first-order chi connectivity index (χ1) is 20.7. The molecule has 0 aliphatic carbocycles. The van der Waals surface area contributed by atoms with E-state index in [0.29, 0.717) is 12.2 Å². The number of esters is 2. The van der Waals surface area contributed by atoms with Crippen molar-refractivity contribution in [1.29, 1.82) is 0 Å². The SMILES string of the molecule is COc1ccccc1CCC(=O)O[C@@H]1COCC[C@H]1OP(=O)(OC[C@H](NC(=O)OC(C)(C)C)C(=O)OC(C)(C)C)OC(C)(C)C. The molecule has 1 fully saturated rings. The van der Waals surface area contributed by atoms with Crippen molar-refractivity contribution >= 4 is 25.9 Å². The topological polar surface area (TPSA) is 154 Å². The Morgan fingerprint density at radius 1 is 0.956 bits per heavy atom. The molecule has 0 aromatic heterocycles. The molecule has 1 aromatic carbocycles. The summed E-state index contributed by atoms with van der Waals surface area (Å²) >= 11 is 0. The molecular formula is C31H50NO12P. The van der Waals surface area contributed by atoms with Crippen LogP contribution >= 0.6 is 7.82 Å². The monoisotopic (exact) mass is 659 g/mol. The van der Waals surface area contributed by atoms with Crippen molar-refractivity contribution in [2.75, 3.05) is 26.9 Å². The second-order valence-corrected chi connectivity index (χ2v) is 15.1. The van der Waals surface area contributed by atoms with Crippen LogP contribution < -0.4 is 10.1 Å². The predicted molar refractivity (Wildman–Crippen MR) is 165 cm³/mol. The molecule has 1 N–H and O–H groups in total. The fourth-order valence-electron chi connectivity index (χ4n) is 4.03. The first-order valence-corrected chi connectivity index (χ1v) is 16.4. The summed E-state index contributed by atoms with van der Waals surface area (Å²) in [5.74, 6) is -0.691. The van der Waals surface area contributed by atoms with E-state index in [1.54, 1.807) is 69.4 Å². The Morgan fingerprint density at radius 2 is 1.60 bits per heavy atom. The molecule has 256 valence electrons. The molecule has 1 aromatic rings. The van der Waals surface area contributed by atoms with Gasteiger partial charge in [-0.05, 0) is 80.4 Å². The summed E-state index contributed by atoms with van der Waals surface area (Å²) < 4.78 is 58.7. The Hall–Kier alpha value is -2.70. The molecule has 1 unspecified atom stereocenters. The maximum atomic E-state index is 14.1. The number of rotatable bonds is 13. The number of aryl methyl sites for hydroxylation is 1. The number of alkyl carbamates (subject to hydrolysis) is 1. The highest BCUT2D eigenvalue weighted by Crippen LogP contribution is 2.54. The van der Waals surface area contributed by atoms with Gasteiger partial charge >= 0.3 is 25.9 Å². The maximum absolute atomic E-state index is 14.1. The van der Waals surface area contributed by atoms with Crippen molar-refractivity contribution in [3.05, 3.63) is 29.8 Å². The zero-order valence-corrected chi connectivity index (χ0v) is 29.0. The first-order valence-electron chi connectivity index (χ1n) is 14.9. The van der Waals surface area contributed by atoms with E-state index in [9.17, 15) is 18.9 Å². The van der Waals surface area contributed by atoms with E-state index < -0.39 is 67.5 Å². The van der Waals surface area contributed by atoms with Gasteiger partial charge in [-0.1, -0.05) is 18.2 Å². The number of carbonyl (C=O) groups excluding carboxylic acids is 3. The summed E-state index contributed by atoms with van der Waals surface area (Å²) in [5, 5.41) is 2.41. The number of phosphoric ester groups is 1. The van der Waals surface area contributed by atoms with Gasteiger partial charge in [-0.3, -0.25) is 18.4 Å². The fraction of sp³-hybridized carbons (Fsp3) is 0.710. The van der Waals surface area contributed by atoms with Crippen molar-refractivity contribution in [3.8, 4) is 5.75 Å². The van der Waals surface area contributed by atoms with E-state index in [0.717, 1.165) is 5.56 Å². The summed E-state index contributed by atoms with van der Waals surface area (Å²) in [4.78, 5) is 38.4. The van der Waals surface area contributed by atoms with Gasteiger partial charge in [-0.15, -0.1) is 0 Å². The van der Waals surface area contributed by atoms with Crippen LogP contribution in [0.5, 0.6) is 5.75 Å². The van der Waals surface area contributed by atoms with Gasteiger partial charge in [0.1, 0.15) is 23.1 Å². The zero-order valence-electron chi connectivity index (χ0n) is 28.1. The molecule has 2 rings (SSSR count). The highest BCUT2D eigenvalue weighted by atomic mass is 31.2. The normalized spacial score (nSPS) is 19.5. The van der Waals surface area contributed by atoms with Crippen LogP contribution in [0, 0.1) is 0 Å². The van der Waals surface area contributed by atoms with Crippen molar-refractivity contribution < 1.29 is 56.2 Å². The summed E-state index contributed by atoms with van der Waals surface area (Å²) in [7, 11) is -2.90. The van der Waals surface area contributed by atoms with Gasteiger partial charge in [0.2, 0.25) is 0 Å². The van der Waals surface area contributed by atoms with E-state index in [-0.39, 0.29) is 26.1 Å². The average Bonchev–Trinajstić information content (AvgIpc) is 2.88. The van der Waals surface area contributed by atoms with Crippen molar-refractivity contribution in [3.63, 3.8) is 0 Å². The number of hydrogen-bond acceptors (Lipinski definition) is 12. The Bertz CT molecular complexity index is 1180. The van der Waals surface area contributed by atoms with E-state index in [2.05, 4.69) is 5.32 Å². The van der Waals surface area contributed by atoms with Crippen molar-refractivity contribution in [2.45, 2.75) is 117 Å². The number of carbonyl (C=O) groups is 3. The van der Waals surface area contributed by atoms with Gasteiger partial charge in [0.05, 0.1) is 25.9 Å². The molecule has 0 radical (unpaired) electrons. The second-order valence-electron chi connectivity index (χ2n) is 13.5. The van der Waals surface area contributed by atoms with Crippen LogP contribution in [0.1, 0.15) is 80.7 Å². The van der Waals surface area contributed by atoms with Gasteiger partial charge in [-0.2, -0.15) is 0 Å². The third-order valence-electron chi connectivity index (χ3n) is 5.75. The molecule has 1 aliphatic rings. The molecule has 0 spiro atoms. The number of amides is 1. The van der Waals surface area contributed by atoms with Crippen LogP contribution in [0.4, 0.5) is 4.79 Å². The van der Waals surface area contributed by atoms with Gasteiger partial charge in [0.25, 0.3) is 0 Å². The lowest BCUT2D eigenvalue weighted by Crippen LogP contribution is -2.48. The van der Waals surface area contributed by atoms with Crippen LogP contribution in [-0.2, 0) is 53.1 Å². The van der Waals surface area contributed by atoms with Crippen LogP contribution in [0.25, 0.3) is 0 Å². The lowest BCUT2D eigenvalue weighted by atomic mass is 10.1. The third kappa shape index (κ3) is 15.0. The highest BCUT2D eigenvalue weighted by Gasteiger charge is 2.42. The third-order valence-corrected chi connectivity index (χ3v) is 7.51. The minimum absolute atomic E-state index is 0.00131. The fourth-order valence-corrected chi connectivity index (χ4v) is 5.77.